The SMILES string of the molecule is CCNC1CCCCCC1SC(C)CCO. The van der Waals surface area contributed by atoms with Crippen LogP contribution in [0.1, 0.15) is 52.4 Å². The monoisotopic (exact) mass is 245 g/mol. The van der Waals surface area contributed by atoms with Gasteiger partial charge in [0, 0.05) is 23.1 Å². The Balaban J connectivity index is 2.43. The molecule has 3 atom stereocenters. The van der Waals surface area contributed by atoms with E-state index in [0.717, 1.165) is 18.2 Å². The van der Waals surface area contributed by atoms with Crippen molar-refractivity contribution < 1.29 is 5.11 Å². The minimum atomic E-state index is 0.326. The molecule has 0 aliphatic heterocycles. The number of rotatable bonds is 6. The number of hydrogen-bond acceptors (Lipinski definition) is 3. The zero-order valence-electron chi connectivity index (χ0n) is 10.7. The van der Waals surface area contributed by atoms with Gasteiger partial charge in [0.1, 0.15) is 0 Å². The van der Waals surface area contributed by atoms with Crippen LogP contribution < -0.4 is 5.32 Å². The molecule has 1 saturated carbocycles. The summed E-state index contributed by atoms with van der Waals surface area (Å²) in [4.78, 5) is 0. The van der Waals surface area contributed by atoms with Gasteiger partial charge in [0.05, 0.1) is 0 Å². The first kappa shape index (κ1) is 14.3. The highest BCUT2D eigenvalue weighted by atomic mass is 32.2. The van der Waals surface area contributed by atoms with Gasteiger partial charge in [-0.25, -0.2) is 0 Å². The first-order valence-corrected chi connectivity index (χ1v) is 7.72. The van der Waals surface area contributed by atoms with Gasteiger partial charge in [0.2, 0.25) is 0 Å². The van der Waals surface area contributed by atoms with Crippen LogP contribution >= 0.6 is 11.8 Å². The van der Waals surface area contributed by atoms with E-state index in [9.17, 15) is 0 Å². The maximum Gasteiger partial charge on any atom is 0.0441 e. The summed E-state index contributed by atoms with van der Waals surface area (Å²) >= 11 is 2.08. The maximum absolute atomic E-state index is 8.96. The van der Waals surface area contributed by atoms with Crippen LogP contribution in [-0.2, 0) is 0 Å². The maximum atomic E-state index is 8.96. The molecule has 0 bridgehead atoms. The van der Waals surface area contributed by atoms with E-state index in [-0.39, 0.29) is 0 Å². The van der Waals surface area contributed by atoms with Crippen molar-refractivity contribution in [3.63, 3.8) is 0 Å². The van der Waals surface area contributed by atoms with Gasteiger partial charge >= 0.3 is 0 Å². The lowest BCUT2D eigenvalue weighted by atomic mass is 10.1. The summed E-state index contributed by atoms with van der Waals surface area (Å²) in [5, 5.41) is 13.9. The van der Waals surface area contributed by atoms with Crippen molar-refractivity contribution in [1.82, 2.24) is 5.32 Å². The van der Waals surface area contributed by atoms with Crippen LogP contribution in [-0.4, -0.2) is 34.8 Å². The summed E-state index contributed by atoms with van der Waals surface area (Å²) in [6.45, 7) is 5.85. The van der Waals surface area contributed by atoms with E-state index in [2.05, 4.69) is 30.9 Å². The molecular weight excluding hydrogens is 218 g/mol. The molecule has 0 saturated heterocycles. The Morgan fingerprint density at radius 1 is 1.31 bits per heavy atom. The fraction of sp³-hybridized carbons (Fsp3) is 1.00. The Morgan fingerprint density at radius 3 is 2.75 bits per heavy atom. The van der Waals surface area contributed by atoms with Gasteiger partial charge in [-0.3, -0.25) is 0 Å². The molecule has 0 radical (unpaired) electrons. The third-order valence-corrected chi connectivity index (χ3v) is 4.98. The van der Waals surface area contributed by atoms with Crippen molar-refractivity contribution in [2.45, 2.75) is 68.9 Å². The van der Waals surface area contributed by atoms with Gasteiger partial charge in [0.25, 0.3) is 0 Å². The van der Waals surface area contributed by atoms with Crippen molar-refractivity contribution in [2.24, 2.45) is 0 Å². The molecule has 2 N–H and O–H groups in total. The Bertz CT molecular complexity index is 177. The molecule has 1 aliphatic rings. The molecule has 1 fully saturated rings. The van der Waals surface area contributed by atoms with Crippen LogP contribution in [0.4, 0.5) is 0 Å². The molecule has 3 heteroatoms. The molecular formula is C13H27NOS. The lowest BCUT2D eigenvalue weighted by Crippen LogP contribution is -2.38. The topological polar surface area (TPSA) is 32.3 Å². The van der Waals surface area contributed by atoms with E-state index < -0.39 is 0 Å². The Hall–Kier alpha value is 0.270. The van der Waals surface area contributed by atoms with Crippen molar-refractivity contribution in [3.8, 4) is 0 Å². The highest BCUT2D eigenvalue weighted by molar-refractivity contribution is 8.00. The highest BCUT2D eigenvalue weighted by Gasteiger charge is 2.24. The fourth-order valence-electron chi connectivity index (χ4n) is 2.48. The standard InChI is InChI=1S/C13H27NOS/c1-3-14-12-7-5-4-6-8-13(12)16-11(2)9-10-15/h11-15H,3-10H2,1-2H3. The molecule has 0 amide bonds. The summed E-state index contributed by atoms with van der Waals surface area (Å²) in [5.74, 6) is 0. The second-order valence-electron chi connectivity index (χ2n) is 4.80. The summed E-state index contributed by atoms with van der Waals surface area (Å²) in [5.41, 5.74) is 0. The van der Waals surface area contributed by atoms with Crippen LogP contribution in [0.3, 0.4) is 0 Å². The van der Waals surface area contributed by atoms with E-state index in [1.54, 1.807) is 0 Å². The second-order valence-corrected chi connectivity index (χ2v) is 6.48. The van der Waals surface area contributed by atoms with E-state index in [1.807, 2.05) is 0 Å². The van der Waals surface area contributed by atoms with Crippen molar-refractivity contribution >= 4 is 11.8 Å². The molecule has 0 heterocycles. The third-order valence-electron chi connectivity index (χ3n) is 3.36. The predicted octanol–water partition coefficient (Wildman–Crippen LogP) is 2.80. The van der Waals surface area contributed by atoms with Crippen molar-refractivity contribution in [1.29, 1.82) is 0 Å². The van der Waals surface area contributed by atoms with Gasteiger partial charge in [-0.05, 0) is 25.8 Å². The van der Waals surface area contributed by atoms with Crippen LogP contribution in [0.15, 0.2) is 0 Å². The predicted molar refractivity (Wildman–Crippen MR) is 73.1 cm³/mol. The van der Waals surface area contributed by atoms with Gasteiger partial charge in [-0.1, -0.05) is 33.1 Å². The van der Waals surface area contributed by atoms with Crippen LogP contribution in [0.25, 0.3) is 0 Å². The quantitative estimate of drug-likeness (QED) is 0.706. The Morgan fingerprint density at radius 2 is 2.06 bits per heavy atom. The van der Waals surface area contributed by atoms with Crippen molar-refractivity contribution in [3.05, 3.63) is 0 Å². The highest BCUT2D eigenvalue weighted by Crippen LogP contribution is 2.31. The number of aliphatic hydroxyl groups is 1. The Kier molecular flexibility index (Phi) is 7.50. The summed E-state index contributed by atoms with van der Waals surface area (Å²) in [7, 11) is 0. The molecule has 0 aromatic carbocycles. The third kappa shape index (κ3) is 5.07. The average molecular weight is 245 g/mol. The molecule has 2 nitrogen and oxygen atoms in total. The lowest BCUT2D eigenvalue weighted by molar-refractivity contribution is 0.288. The van der Waals surface area contributed by atoms with E-state index in [0.29, 0.717) is 17.9 Å². The average Bonchev–Trinajstić information content (AvgIpc) is 2.46. The number of aliphatic hydroxyl groups excluding tert-OH is 1. The molecule has 3 unspecified atom stereocenters. The molecule has 1 aliphatic carbocycles. The van der Waals surface area contributed by atoms with Gasteiger partial charge in [-0.2, -0.15) is 11.8 Å². The molecule has 0 spiro atoms. The van der Waals surface area contributed by atoms with Crippen LogP contribution in [0.2, 0.25) is 0 Å². The molecule has 96 valence electrons. The molecule has 16 heavy (non-hydrogen) atoms. The molecule has 1 rings (SSSR count). The van der Waals surface area contributed by atoms with Gasteiger partial charge in [-0.15, -0.1) is 0 Å². The first-order valence-electron chi connectivity index (χ1n) is 6.77. The summed E-state index contributed by atoms with van der Waals surface area (Å²) in [6.07, 6.45) is 7.76. The number of thioether (sulfide) groups is 1. The molecule has 0 aromatic heterocycles. The minimum absolute atomic E-state index is 0.326. The largest absolute Gasteiger partial charge is 0.396 e. The summed E-state index contributed by atoms with van der Waals surface area (Å²) < 4.78 is 0. The first-order chi connectivity index (χ1) is 7.77. The summed E-state index contributed by atoms with van der Waals surface area (Å²) in [6, 6.07) is 0.693. The smallest absolute Gasteiger partial charge is 0.0441 e. The van der Waals surface area contributed by atoms with Gasteiger partial charge in [0.15, 0.2) is 0 Å². The zero-order valence-corrected chi connectivity index (χ0v) is 11.6. The van der Waals surface area contributed by atoms with Crippen LogP contribution in [0, 0.1) is 0 Å². The molecule has 0 aromatic rings. The van der Waals surface area contributed by atoms with E-state index in [1.165, 1.54) is 32.1 Å². The van der Waals surface area contributed by atoms with Crippen LogP contribution in [0.5, 0.6) is 0 Å². The van der Waals surface area contributed by atoms with Crippen molar-refractivity contribution in [2.75, 3.05) is 13.2 Å². The van der Waals surface area contributed by atoms with E-state index >= 15 is 0 Å². The van der Waals surface area contributed by atoms with Gasteiger partial charge < -0.3 is 10.4 Å². The zero-order chi connectivity index (χ0) is 11.8. The fourth-order valence-corrected chi connectivity index (χ4v) is 4.04. The minimum Gasteiger partial charge on any atom is -0.396 e. The Labute approximate surface area is 105 Å². The van der Waals surface area contributed by atoms with E-state index in [4.69, 9.17) is 5.11 Å². The number of nitrogens with one attached hydrogen (secondary N) is 1. The normalized spacial score (nSPS) is 28.7. The number of hydrogen-bond donors (Lipinski definition) is 2. The second kappa shape index (κ2) is 8.37. The lowest BCUT2D eigenvalue weighted by Gasteiger charge is -2.27.